The lowest BCUT2D eigenvalue weighted by Gasteiger charge is -2.37. The first-order valence-electron chi connectivity index (χ1n) is 11.6. The highest BCUT2D eigenvalue weighted by atomic mass is 35.5. The second-order valence-corrected chi connectivity index (χ2v) is 9.90. The van der Waals surface area contributed by atoms with E-state index in [1.54, 1.807) is 29.2 Å². The molecule has 2 heterocycles. The smallest absolute Gasteiger partial charge is 0.296 e. The van der Waals surface area contributed by atoms with Gasteiger partial charge in [0.2, 0.25) is 5.88 Å². The van der Waals surface area contributed by atoms with Gasteiger partial charge in [-0.25, -0.2) is 18.2 Å². The van der Waals surface area contributed by atoms with Crippen LogP contribution in [-0.4, -0.2) is 52.2 Å². The van der Waals surface area contributed by atoms with Crippen molar-refractivity contribution in [2.45, 2.75) is 37.2 Å². The van der Waals surface area contributed by atoms with Crippen LogP contribution in [0.15, 0.2) is 47.4 Å². The number of hydrogen-bond acceptors (Lipinski definition) is 8. The molecule has 1 aromatic heterocycles. The number of nitrogens with zero attached hydrogens (tertiary/aromatic N) is 3. The Morgan fingerprint density at radius 2 is 2.00 bits per heavy atom. The molecule has 0 amide bonds. The summed E-state index contributed by atoms with van der Waals surface area (Å²) in [5, 5.41) is 8.48. The molecule has 3 aromatic rings. The normalized spacial score (nSPS) is 17.4. The van der Waals surface area contributed by atoms with Crippen LogP contribution >= 0.6 is 23.5 Å². The number of alkyl halides is 2. The molecule has 0 aliphatic carbocycles. The van der Waals surface area contributed by atoms with E-state index in [0.717, 1.165) is 11.9 Å². The molecule has 12 heteroatoms. The average molecular weight is 551 g/mol. The fourth-order valence-corrected chi connectivity index (χ4v) is 4.87. The molecule has 1 saturated heterocycles. The second-order valence-electron chi connectivity index (χ2n) is 8.62. The van der Waals surface area contributed by atoms with Crippen LogP contribution in [0.25, 0.3) is 11.4 Å². The lowest BCUT2D eigenvalue weighted by Crippen LogP contribution is -2.53. The van der Waals surface area contributed by atoms with Crippen molar-refractivity contribution in [2.24, 2.45) is 0 Å². The highest BCUT2D eigenvalue weighted by Gasteiger charge is 2.46. The van der Waals surface area contributed by atoms with Gasteiger partial charge in [0.25, 0.3) is 5.92 Å². The maximum Gasteiger partial charge on any atom is 0.296 e. The van der Waals surface area contributed by atoms with Crippen LogP contribution in [0, 0.1) is 11.2 Å². The lowest BCUT2D eigenvalue weighted by atomic mass is 10.0. The molecule has 1 atom stereocenters. The molecule has 1 aliphatic rings. The van der Waals surface area contributed by atoms with Crippen LogP contribution in [0.1, 0.15) is 25.8 Å². The van der Waals surface area contributed by atoms with E-state index in [4.69, 9.17) is 27.5 Å². The fourth-order valence-electron chi connectivity index (χ4n) is 3.92. The minimum Gasteiger partial charge on any atom is -0.467 e. The number of benzene rings is 2. The average Bonchev–Trinajstić information content (AvgIpc) is 2.85. The molecular formula is C25H26ClF3N6OS. The molecule has 1 fully saturated rings. The van der Waals surface area contributed by atoms with Crippen molar-refractivity contribution in [2.75, 3.05) is 30.1 Å². The van der Waals surface area contributed by atoms with E-state index in [1.807, 2.05) is 6.92 Å². The van der Waals surface area contributed by atoms with Crippen molar-refractivity contribution in [1.82, 2.24) is 14.9 Å². The Hall–Kier alpha value is -3.02. The first-order chi connectivity index (χ1) is 17.6. The van der Waals surface area contributed by atoms with Gasteiger partial charge in [0.15, 0.2) is 11.9 Å². The van der Waals surface area contributed by atoms with Gasteiger partial charge >= 0.3 is 0 Å². The number of piperidine rings is 1. The summed E-state index contributed by atoms with van der Waals surface area (Å²) in [7, 11) is 0. The molecule has 0 radical (unpaired) electrons. The molecule has 2 aromatic carbocycles. The van der Waals surface area contributed by atoms with E-state index in [9.17, 15) is 13.2 Å². The Balaban J connectivity index is 1.56. The Kier molecular flexibility index (Phi) is 8.15. The minimum atomic E-state index is -3.09. The minimum absolute atomic E-state index is 0.0122. The van der Waals surface area contributed by atoms with Crippen LogP contribution in [-0.2, 0) is 0 Å². The summed E-state index contributed by atoms with van der Waals surface area (Å²) >= 11 is 7.00. The molecule has 196 valence electrons. The van der Waals surface area contributed by atoms with E-state index in [2.05, 4.69) is 14.7 Å². The third kappa shape index (κ3) is 6.28. The Labute approximate surface area is 222 Å². The van der Waals surface area contributed by atoms with Gasteiger partial charge < -0.3 is 20.6 Å². The van der Waals surface area contributed by atoms with E-state index in [1.165, 1.54) is 25.1 Å². The summed E-state index contributed by atoms with van der Waals surface area (Å²) in [5.74, 6) is -3.49. The zero-order valence-electron chi connectivity index (χ0n) is 20.2. The predicted octanol–water partition coefficient (Wildman–Crippen LogP) is 6.13. The third-order valence-electron chi connectivity index (χ3n) is 5.91. The summed E-state index contributed by atoms with van der Waals surface area (Å²) in [6, 6.07) is 11.2. The van der Waals surface area contributed by atoms with Gasteiger partial charge in [-0.1, -0.05) is 18.5 Å². The van der Waals surface area contributed by atoms with E-state index in [0.29, 0.717) is 34.3 Å². The van der Waals surface area contributed by atoms with Crippen LogP contribution < -0.4 is 15.2 Å². The van der Waals surface area contributed by atoms with Gasteiger partial charge in [0.05, 0.1) is 17.0 Å². The number of ether oxygens (including phenoxy) is 1. The van der Waals surface area contributed by atoms with E-state index >= 15 is 0 Å². The summed E-state index contributed by atoms with van der Waals surface area (Å²) < 4.78 is 52.3. The number of halogens is 4. The monoisotopic (exact) mass is 550 g/mol. The zero-order valence-corrected chi connectivity index (χ0v) is 21.8. The molecule has 4 rings (SSSR count). The van der Waals surface area contributed by atoms with Crippen LogP contribution in [0.2, 0.25) is 5.02 Å². The van der Waals surface area contributed by atoms with Gasteiger partial charge in [-0.05, 0) is 67.9 Å². The number of likely N-dealkylation sites (tertiary alicyclic amines) is 1. The summed E-state index contributed by atoms with van der Waals surface area (Å²) in [5.41, 5.74) is 7.45. The van der Waals surface area contributed by atoms with Crippen molar-refractivity contribution < 1.29 is 17.9 Å². The quantitative estimate of drug-likeness (QED) is 0.229. The van der Waals surface area contributed by atoms with Gasteiger partial charge in [-0.3, -0.25) is 4.90 Å². The third-order valence-corrected chi connectivity index (χ3v) is 7.01. The van der Waals surface area contributed by atoms with Crippen molar-refractivity contribution in [3.05, 3.63) is 58.9 Å². The number of anilines is 2. The number of aromatic nitrogens is 2. The van der Waals surface area contributed by atoms with Crippen LogP contribution in [0.5, 0.6) is 5.88 Å². The summed E-state index contributed by atoms with van der Waals surface area (Å²) in [4.78, 5) is 10.7. The maximum absolute atomic E-state index is 14.8. The highest BCUT2D eigenvalue weighted by molar-refractivity contribution is 8.00. The molecular weight excluding hydrogens is 525 g/mol. The van der Waals surface area contributed by atoms with Gasteiger partial charge in [0, 0.05) is 35.0 Å². The number of hydrogen-bond donors (Lipinski definition) is 3. The molecule has 0 spiro atoms. The largest absolute Gasteiger partial charge is 0.467 e. The van der Waals surface area contributed by atoms with Crippen LogP contribution in [0.4, 0.5) is 24.7 Å². The number of rotatable bonds is 8. The molecule has 37 heavy (non-hydrogen) atoms. The Morgan fingerprint density at radius 1 is 1.27 bits per heavy atom. The summed E-state index contributed by atoms with van der Waals surface area (Å²) in [6.07, 6.45) is -1.28. The van der Waals surface area contributed by atoms with E-state index < -0.39 is 24.4 Å². The standard InChI is InChI=1S/C25H26ClF3N6OS/c1-3-35-11-10-20(25(28,29)13-35)36-24-21(14(2)30)22(31)32-23(33-24)15-4-7-17(8-5-15)34-37-19-12-16(26)6-9-18(19)27/h4-9,12,20,30,34H,3,10-11,13H2,1-2H3,(H2,31,32,33). The van der Waals surface area contributed by atoms with Crippen molar-refractivity contribution in [1.29, 1.82) is 5.41 Å². The highest BCUT2D eigenvalue weighted by Crippen LogP contribution is 2.34. The van der Waals surface area contributed by atoms with E-state index in [-0.39, 0.29) is 35.2 Å². The van der Waals surface area contributed by atoms with Crippen molar-refractivity contribution >= 4 is 40.8 Å². The lowest BCUT2D eigenvalue weighted by molar-refractivity contribution is -0.139. The Bertz CT molecular complexity index is 1290. The second kappa shape index (κ2) is 11.2. The van der Waals surface area contributed by atoms with Gasteiger partial charge in [-0.15, -0.1) is 0 Å². The number of nitrogens with two attached hydrogens (primary N) is 1. The first kappa shape index (κ1) is 27.0. The molecule has 0 bridgehead atoms. The first-order valence-corrected chi connectivity index (χ1v) is 12.7. The molecule has 1 unspecified atom stereocenters. The molecule has 0 saturated carbocycles. The van der Waals surface area contributed by atoms with Gasteiger partial charge in [-0.2, -0.15) is 4.98 Å². The number of nitrogens with one attached hydrogen (secondary N) is 2. The zero-order chi connectivity index (χ0) is 26.7. The predicted molar refractivity (Wildman–Crippen MR) is 141 cm³/mol. The van der Waals surface area contributed by atoms with Crippen molar-refractivity contribution in [3.63, 3.8) is 0 Å². The van der Waals surface area contributed by atoms with Crippen molar-refractivity contribution in [3.8, 4) is 17.3 Å². The van der Waals surface area contributed by atoms with Crippen LogP contribution in [0.3, 0.4) is 0 Å². The molecule has 1 aliphatic heterocycles. The Morgan fingerprint density at radius 3 is 2.65 bits per heavy atom. The fraction of sp³-hybridized carbons (Fsp3) is 0.320. The van der Waals surface area contributed by atoms with Gasteiger partial charge in [0.1, 0.15) is 11.6 Å². The number of nitrogen functional groups attached to an aromatic ring is 1. The molecule has 4 N–H and O–H groups in total. The maximum atomic E-state index is 14.8. The SMILES string of the molecule is CCN1CCC(Oc2nc(-c3ccc(NSc4cc(Cl)ccc4F)cc3)nc(N)c2C(C)=N)C(F)(F)C1. The molecule has 7 nitrogen and oxygen atoms in total. The summed E-state index contributed by atoms with van der Waals surface area (Å²) in [6.45, 7) is 3.89. The topological polar surface area (TPSA) is 100 Å².